The van der Waals surface area contributed by atoms with Crippen LogP contribution in [0.4, 0.5) is 5.69 Å². The highest BCUT2D eigenvalue weighted by atomic mass is 16.5. The van der Waals surface area contributed by atoms with Crippen LogP contribution in [-0.4, -0.2) is 19.3 Å². The van der Waals surface area contributed by atoms with E-state index in [1.807, 2.05) is 38.1 Å². The Hall–Kier alpha value is -1.53. The Morgan fingerprint density at radius 1 is 1.38 bits per heavy atom. The number of benzene rings is 1. The van der Waals surface area contributed by atoms with Crippen molar-refractivity contribution in [3.8, 4) is 6.07 Å². The summed E-state index contributed by atoms with van der Waals surface area (Å²) in [6.45, 7) is 4.88. The summed E-state index contributed by atoms with van der Waals surface area (Å²) in [5.74, 6) is 0. The van der Waals surface area contributed by atoms with Gasteiger partial charge in [0.2, 0.25) is 0 Å². The molecular formula is C13H18N2O. The van der Waals surface area contributed by atoms with Crippen molar-refractivity contribution in [1.82, 2.24) is 0 Å². The molecule has 0 aromatic heterocycles. The molecule has 0 saturated heterocycles. The molecule has 0 aliphatic carbocycles. The van der Waals surface area contributed by atoms with Crippen molar-refractivity contribution in [3.63, 3.8) is 0 Å². The normalized spacial score (nSPS) is 10.9. The lowest BCUT2D eigenvalue weighted by molar-refractivity contribution is 0.0185. The number of hydrogen-bond acceptors (Lipinski definition) is 3. The first-order valence-corrected chi connectivity index (χ1v) is 5.37. The first kappa shape index (κ1) is 12.5. The molecule has 0 amide bonds. The zero-order chi connectivity index (χ0) is 12.0. The smallest absolute Gasteiger partial charge is 0.101 e. The summed E-state index contributed by atoms with van der Waals surface area (Å²) >= 11 is 0. The lowest BCUT2D eigenvalue weighted by Gasteiger charge is -2.23. The van der Waals surface area contributed by atoms with Crippen molar-refractivity contribution in [2.75, 3.05) is 19.0 Å². The number of anilines is 1. The van der Waals surface area contributed by atoms with Gasteiger partial charge in [-0.05, 0) is 32.4 Å². The highest BCUT2D eigenvalue weighted by Gasteiger charge is 2.15. The molecule has 0 bridgehead atoms. The average Bonchev–Trinajstić information content (AvgIpc) is 2.29. The van der Waals surface area contributed by atoms with Crippen LogP contribution in [0.15, 0.2) is 24.3 Å². The molecule has 3 nitrogen and oxygen atoms in total. The molecule has 0 saturated carbocycles. The maximum Gasteiger partial charge on any atom is 0.101 e. The van der Waals surface area contributed by atoms with Crippen molar-refractivity contribution in [1.29, 1.82) is 5.26 Å². The number of nitrogens with one attached hydrogen (secondary N) is 1. The van der Waals surface area contributed by atoms with Gasteiger partial charge in [0.15, 0.2) is 0 Å². The second kappa shape index (κ2) is 5.53. The first-order valence-electron chi connectivity index (χ1n) is 5.37. The van der Waals surface area contributed by atoms with E-state index in [4.69, 9.17) is 10.00 Å². The predicted octanol–water partition coefficient (Wildman–Crippen LogP) is 2.79. The van der Waals surface area contributed by atoms with Crippen LogP contribution in [0, 0.1) is 11.3 Å². The van der Waals surface area contributed by atoms with E-state index in [9.17, 15) is 0 Å². The van der Waals surface area contributed by atoms with Gasteiger partial charge < -0.3 is 10.1 Å². The number of methoxy groups -OCH3 is 1. The van der Waals surface area contributed by atoms with Gasteiger partial charge >= 0.3 is 0 Å². The maximum atomic E-state index is 8.91. The molecule has 0 aliphatic rings. The SMILES string of the molecule is COC(C)(C)CCNc1ccccc1C#N. The van der Waals surface area contributed by atoms with E-state index in [-0.39, 0.29) is 5.60 Å². The summed E-state index contributed by atoms with van der Waals surface area (Å²) < 4.78 is 5.33. The van der Waals surface area contributed by atoms with Crippen LogP contribution in [0.3, 0.4) is 0 Å². The third-order valence-electron chi connectivity index (χ3n) is 2.64. The van der Waals surface area contributed by atoms with E-state index in [1.165, 1.54) is 0 Å². The van der Waals surface area contributed by atoms with Gasteiger partial charge in [0.05, 0.1) is 16.9 Å². The van der Waals surface area contributed by atoms with E-state index < -0.39 is 0 Å². The van der Waals surface area contributed by atoms with Gasteiger partial charge in [0.1, 0.15) is 6.07 Å². The lowest BCUT2D eigenvalue weighted by Crippen LogP contribution is -2.25. The quantitative estimate of drug-likeness (QED) is 0.826. The minimum atomic E-state index is -0.130. The van der Waals surface area contributed by atoms with Crippen molar-refractivity contribution in [2.45, 2.75) is 25.9 Å². The minimum Gasteiger partial charge on any atom is -0.384 e. The summed E-state index contributed by atoms with van der Waals surface area (Å²) in [6.07, 6.45) is 0.892. The second-order valence-electron chi connectivity index (χ2n) is 4.30. The van der Waals surface area contributed by atoms with Crippen LogP contribution in [-0.2, 0) is 4.74 Å². The molecule has 0 heterocycles. The molecule has 1 rings (SSSR count). The third kappa shape index (κ3) is 3.56. The molecule has 1 aromatic rings. The van der Waals surface area contributed by atoms with Gasteiger partial charge in [-0.2, -0.15) is 5.26 Å². The summed E-state index contributed by atoms with van der Waals surface area (Å²) in [5, 5.41) is 12.2. The Kier molecular flexibility index (Phi) is 4.33. The fourth-order valence-corrected chi connectivity index (χ4v) is 1.34. The molecule has 0 radical (unpaired) electrons. The Balaban J connectivity index is 2.53. The van der Waals surface area contributed by atoms with Crippen LogP contribution < -0.4 is 5.32 Å². The van der Waals surface area contributed by atoms with Crippen LogP contribution in [0.25, 0.3) is 0 Å². The maximum absolute atomic E-state index is 8.91. The molecule has 86 valence electrons. The van der Waals surface area contributed by atoms with Gasteiger partial charge in [-0.25, -0.2) is 0 Å². The molecule has 0 fully saturated rings. The molecular weight excluding hydrogens is 200 g/mol. The zero-order valence-corrected chi connectivity index (χ0v) is 10.1. The Bertz CT molecular complexity index is 380. The van der Waals surface area contributed by atoms with Gasteiger partial charge in [-0.15, -0.1) is 0 Å². The number of nitriles is 1. The van der Waals surface area contributed by atoms with E-state index >= 15 is 0 Å². The fourth-order valence-electron chi connectivity index (χ4n) is 1.34. The average molecular weight is 218 g/mol. The van der Waals surface area contributed by atoms with E-state index in [2.05, 4.69) is 11.4 Å². The summed E-state index contributed by atoms with van der Waals surface area (Å²) in [4.78, 5) is 0. The Labute approximate surface area is 97.0 Å². The molecule has 1 aromatic carbocycles. The van der Waals surface area contributed by atoms with Crippen LogP contribution >= 0.6 is 0 Å². The molecule has 16 heavy (non-hydrogen) atoms. The number of ether oxygens (including phenoxy) is 1. The largest absolute Gasteiger partial charge is 0.384 e. The van der Waals surface area contributed by atoms with Gasteiger partial charge in [-0.1, -0.05) is 12.1 Å². The fraction of sp³-hybridized carbons (Fsp3) is 0.462. The third-order valence-corrected chi connectivity index (χ3v) is 2.64. The number of nitrogens with zero attached hydrogens (tertiary/aromatic N) is 1. The molecule has 3 heteroatoms. The van der Waals surface area contributed by atoms with Gasteiger partial charge in [0, 0.05) is 13.7 Å². The molecule has 0 aliphatic heterocycles. The van der Waals surface area contributed by atoms with Crippen molar-refractivity contribution < 1.29 is 4.74 Å². The molecule has 1 N–H and O–H groups in total. The van der Waals surface area contributed by atoms with Crippen molar-refractivity contribution in [2.24, 2.45) is 0 Å². The minimum absolute atomic E-state index is 0.130. The highest BCUT2D eigenvalue weighted by Crippen LogP contribution is 2.16. The number of para-hydroxylation sites is 1. The lowest BCUT2D eigenvalue weighted by atomic mass is 10.1. The second-order valence-corrected chi connectivity index (χ2v) is 4.30. The monoisotopic (exact) mass is 218 g/mol. The van der Waals surface area contributed by atoms with Crippen molar-refractivity contribution in [3.05, 3.63) is 29.8 Å². The van der Waals surface area contributed by atoms with E-state index in [0.29, 0.717) is 5.56 Å². The van der Waals surface area contributed by atoms with Gasteiger partial charge in [-0.3, -0.25) is 0 Å². The summed E-state index contributed by atoms with van der Waals surface area (Å²) in [5.41, 5.74) is 1.43. The zero-order valence-electron chi connectivity index (χ0n) is 10.1. The first-order chi connectivity index (χ1) is 7.59. The number of hydrogen-bond donors (Lipinski definition) is 1. The standard InChI is InChI=1S/C13H18N2O/c1-13(2,16-3)8-9-15-12-7-5-4-6-11(12)10-14/h4-7,15H,8-9H2,1-3H3. The van der Waals surface area contributed by atoms with Gasteiger partial charge in [0.25, 0.3) is 0 Å². The van der Waals surface area contributed by atoms with Crippen molar-refractivity contribution >= 4 is 5.69 Å². The Morgan fingerprint density at radius 3 is 2.69 bits per heavy atom. The summed E-state index contributed by atoms with van der Waals surface area (Å²) in [7, 11) is 1.71. The molecule has 0 atom stereocenters. The summed E-state index contributed by atoms with van der Waals surface area (Å²) in [6, 6.07) is 9.67. The predicted molar refractivity (Wildman–Crippen MR) is 65.4 cm³/mol. The van der Waals surface area contributed by atoms with Crippen LogP contribution in [0.2, 0.25) is 0 Å². The topological polar surface area (TPSA) is 45.0 Å². The van der Waals surface area contributed by atoms with Crippen LogP contribution in [0.5, 0.6) is 0 Å². The van der Waals surface area contributed by atoms with E-state index in [1.54, 1.807) is 7.11 Å². The number of rotatable bonds is 5. The highest BCUT2D eigenvalue weighted by molar-refractivity contribution is 5.57. The Morgan fingerprint density at radius 2 is 2.06 bits per heavy atom. The molecule has 0 spiro atoms. The molecule has 0 unspecified atom stereocenters. The van der Waals surface area contributed by atoms with Crippen LogP contribution in [0.1, 0.15) is 25.8 Å². The van der Waals surface area contributed by atoms with E-state index in [0.717, 1.165) is 18.7 Å².